The molecule has 1 fully saturated rings. The van der Waals surface area contributed by atoms with Gasteiger partial charge in [0.15, 0.2) is 0 Å². The van der Waals surface area contributed by atoms with Crippen molar-refractivity contribution < 1.29 is 19.1 Å². The number of benzene rings is 2. The molecule has 1 N–H and O–H groups in total. The number of fused-ring (bicyclic) bond motifs is 1. The zero-order valence-corrected chi connectivity index (χ0v) is 18.1. The van der Waals surface area contributed by atoms with Crippen LogP contribution in [0, 0.1) is 5.92 Å². The number of nitrogens with zero attached hydrogens (tertiary/aromatic N) is 2. The summed E-state index contributed by atoms with van der Waals surface area (Å²) < 4.78 is 10.4. The van der Waals surface area contributed by atoms with Crippen LogP contribution in [0.2, 0.25) is 0 Å². The number of anilines is 1. The van der Waals surface area contributed by atoms with E-state index in [1.807, 2.05) is 42.5 Å². The highest BCUT2D eigenvalue weighted by atomic mass is 16.5. The maximum Gasteiger partial charge on any atom is 0.254 e. The summed E-state index contributed by atoms with van der Waals surface area (Å²) in [6.45, 7) is 1.95. The third kappa shape index (κ3) is 5.06. The first-order chi connectivity index (χ1) is 15.7. The van der Waals surface area contributed by atoms with Crippen LogP contribution in [0.15, 0.2) is 60.8 Å². The third-order valence-corrected chi connectivity index (χ3v) is 5.64. The minimum Gasteiger partial charge on any atom is -0.475 e. The number of nitrogens with one attached hydrogen (secondary N) is 1. The Morgan fingerprint density at radius 1 is 1.09 bits per heavy atom. The van der Waals surface area contributed by atoms with E-state index in [0.717, 1.165) is 23.6 Å². The Bertz CT molecular complexity index is 1080. The smallest absolute Gasteiger partial charge is 0.254 e. The second-order valence-corrected chi connectivity index (χ2v) is 7.83. The Morgan fingerprint density at radius 2 is 1.94 bits per heavy atom. The quantitative estimate of drug-likeness (QED) is 0.574. The van der Waals surface area contributed by atoms with Gasteiger partial charge < -0.3 is 19.7 Å². The number of hydrogen-bond acceptors (Lipinski definition) is 5. The second kappa shape index (κ2) is 10.2. The summed E-state index contributed by atoms with van der Waals surface area (Å²) >= 11 is 0. The predicted molar refractivity (Wildman–Crippen MR) is 123 cm³/mol. The van der Waals surface area contributed by atoms with E-state index >= 15 is 0 Å². The molecule has 2 heterocycles. The molecule has 1 aliphatic rings. The van der Waals surface area contributed by atoms with E-state index in [9.17, 15) is 9.59 Å². The van der Waals surface area contributed by atoms with E-state index in [0.29, 0.717) is 43.4 Å². The van der Waals surface area contributed by atoms with E-state index in [2.05, 4.69) is 10.3 Å². The topological polar surface area (TPSA) is 80.8 Å². The van der Waals surface area contributed by atoms with Crippen LogP contribution >= 0.6 is 0 Å². The first-order valence-electron chi connectivity index (χ1n) is 10.8. The molecule has 1 saturated heterocycles. The molecular formula is C25H27N3O4. The first kappa shape index (κ1) is 21.8. The van der Waals surface area contributed by atoms with Gasteiger partial charge in [0.25, 0.3) is 5.91 Å². The molecule has 2 amide bonds. The van der Waals surface area contributed by atoms with Gasteiger partial charge in [0.1, 0.15) is 6.61 Å². The van der Waals surface area contributed by atoms with Gasteiger partial charge >= 0.3 is 0 Å². The van der Waals surface area contributed by atoms with E-state index in [4.69, 9.17) is 9.47 Å². The number of carbonyl (C=O) groups is 2. The van der Waals surface area contributed by atoms with Gasteiger partial charge in [-0.25, -0.2) is 4.98 Å². The van der Waals surface area contributed by atoms with Crippen molar-refractivity contribution in [2.45, 2.75) is 12.8 Å². The maximum atomic E-state index is 13.2. The number of methoxy groups -OCH3 is 1. The lowest BCUT2D eigenvalue weighted by molar-refractivity contribution is -0.121. The van der Waals surface area contributed by atoms with Crippen molar-refractivity contribution in [3.63, 3.8) is 0 Å². The molecule has 0 radical (unpaired) electrons. The minimum absolute atomic E-state index is 0.0291. The molecule has 0 bridgehead atoms. The Balaban J connectivity index is 1.39. The van der Waals surface area contributed by atoms with Crippen molar-refractivity contribution in [3.05, 3.63) is 66.4 Å². The SMILES string of the molecule is COCCOc1ccc(NC(=O)C2CCCN(C(=O)c3cccc4ccccc34)C2)cn1. The summed E-state index contributed by atoms with van der Waals surface area (Å²) in [5.41, 5.74) is 1.28. The van der Waals surface area contributed by atoms with Crippen molar-refractivity contribution in [1.29, 1.82) is 0 Å². The van der Waals surface area contributed by atoms with Crippen LogP contribution < -0.4 is 10.1 Å². The van der Waals surface area contributed by atoms with Crippen molar-refractivity contribution in [2.75, 3.05) is 38.7 Å². The van der Waals surface area contributed by atoms with Crippen LogP contribution in [0.25, 0.3) is 10.8 Å². The van der Waals surface area contributed by atoms with Crippen LogP contribution in [-0.4, -0.2) is 55.1 Å². The number of carbonyl (C=O) groups excluding carboxylic acids is 2. The first-order valence-corrected chi connectivity index (χ1v) is 10.8. The monoisotopic (exact) mass is 433 g/mol. The molecular weight excluding hydrogens is 406 g/mol. The number of likely N-dealkylation sites (tertiary alicyclic amines) is 1. The minimum atomic E-state index is -0.264. The molecule has 32 heavy (non-hydrogen) atoms. The van der Waals surface area contributed by atoms with Gasteiger partial charge in [-0.1, -0.05) is 36.4 Å². The normalized spacial score (nSPS) is 16.0. The molecule has 7 heteroatoms. The van der Waals surface area contributed by atoms with Gasteiger partial charge in [-0.05, 0) is 35.7 Å². The number of hydrogen-bond donors (Lipinski definition) is 1. The Hall–Kier alpha value is -3.45. The second-order valence-electron chi connectivity index (χ2n) is 7.83. The fraction of sp³-hybridized carbons (Fsp3) is 0.320. The average molecular weight is 434 g/mol. The molecule has 1 aliphatic heterocycles. The van der Waals surface area contributed by atoms with Gasteiger partial charge in [-0.15, -0.1) is 0 Å². The molecule has 0 spiro atoms. The molecule has 0 aliphatic carbocycles. The summed E-state index contributed by atoms with van der Waals surface area (Å²) in [5, 5.41) is 4.89. The summed E-state index contributed by atoms with van der Waals surface area (Å²) in [4.78, 5) is 32.1. The fourth-order valence-corrected chi connectivity index (χ4v) is 3.97. The summed E-state index contributed by atoms with van der Waals surface area (Å²) in [6.07, 6.45) is 3.11. The van der Waals surface area contributed by atoms with Crippen molar-refractivity contribution in [2.24, 2.45) is 5.92 Å². The molecule has 0 saturated carbocycles. The molecule has 1 unspecified atom stereocenters. The highest BCUT2D eigenvalue weighted by molar-refractivity contribution is 6.07. The van der Waals surface area contributed by atoms with Crippen LogP contribution in [0.5, 0.6) is 5.88 Å². The van der Waals surface area contributed by atoms with E-state index in [1.165, 1.54) is 0 Å². The number of amides is 2. The molecule has 166 valence electrons. The summed E-state index contributed by atoms with van der Waals surface area (Å²) in [7, 11) is 1.61. The molecule has 1 atom stereocenters. The van der Waals surface area contributed by atoms with Gasteiger partial charge in [-0.3, -0.25) is 9.59 Å². The van der Waals surface area contributed by atoms with E-state index in [1.54, 1.807) is 30.3 Å². The molecule has 4 rings (SSSR count). The number of piperidine rings is 1. The predicted octanol–water partition coefficient (Wildman–Crippen LogP) is 3.75. The van der Waals surface area contributed by atoms with Crippen molar-refractivity contribution in [1.82, 2.24) is 9.88 Å². The lowest BCUT2D eigenvalue weighted by atomic mass is 9.95. The third-order valence-electron chi connectivity index (χ3n) is 5.64. The van der Waals surface area contributed by atoms with Gasteiger partial charge in [-0.2, -0.15) is 0 Å². The Morgan fingerprint density at radius 3 is 2.75 bits per heavy atom. The fourth-order valence-electron chi connectivity index (χ4n) is 3.97. The molecule has 1 aromatic heterocycles. The molecule has 7 nitrogen and oxygen atoms in total. The Kier molecular flexibility index (Phi) is 6.97. The lowest BCUT2D eigenvalue weighted by Gasteiger charge is -2.32. The zero-order valence-electron chi connectivity index (χ0n) is 18.1. The number of pyridine rings is 1. The molecule has 2 aromatic carbocycles. The largest absolute Gasteiger partial charge is 0.475 e. The van der Waals surface area contributed by atoms with E-state index < -0.39 is 0 Å². The highest BCUT2D eigenvalue weighted by Gasteiger charge is 2.29. The number of ether oxygens (including phenoxy) is 2. The highest BCUT2D eigenvalue weighted by Crippen LogP contribution is 2.24. The van der Waals surface area contributed by atoms with Crippen LogP contribution in [0.4, 0.5) is 5.69 Å². The van der Waals surface area contributed by atoms with Crippen LogP contribution in [0.3, 0.4) is 0 Å². The van der Waals surface area contributed by atoms with Gasteiger partial charge in [0.05, 0.1) is 24.4 Å². The molecule has 3 aromatic rings. The van der Waals surface area contributed by atoms with E-state index in [-0.39, 0.29) is 17.7 Å². The van der Waals surface area contributed by atoms with Crippen LogP contribution in [-0.2, 0) is 9.53 Å². The van der Waals surface area contributed by atoms with Crippen molar-refractivity contribution >= 4 is 28.3 Å². The number of aromatic nitrogens is 1. The lowest BCUT2D eigenvalue weighted by Crippen LogP contribution is -2.43. The summed E-state index contributed by atoms with van der Waals surface area (Å²) in [6, 6.07) is 17.1. The Labute approximate surface area is 187 Å². The van der Waals surface area contributed by atoms with Gasteiger partial charge in [0.2, 0.25) is 11.8 Å². The zero-order chi connectivity index (χ0) is 22.3. The average Bonchev–Trinajstić information content (AvgIpc) is 2.84. The van der Waals surface area contributed by atoms with Crippen LogP contribution in [0.1, 0.15) is 23.2 Å². The van der Waals surface area contributed by atoms with Crippen molar-refractivity contribution in [3.8, 4) is 5.88 Å². The standard InChI is InChI=1S/C25H27N3O4/c1-31-14-15-32-23-12-11-20(16-26-23)27-24(29)19-8-5-13-28(17-19)25(30)22-10-4-7-18-6-2-3-9-21(18)22/h2-4,6-7,9-12,16,19H,5,8,13-15,17H2,1H3,(H,27,29). The van der Waals surface area contributed by atoms with Gasteiger partial charge in [0, 0.05) is 31.8 Å². The maximum absolute atomic E-state index is 13.2. The summed E-state index contributed by atoms with van der Waals surface area (Å²) in [5.74, 6) is 0.0821. The number of rotatable bonds is 7.